The standard InChI is InChI=1S/C12H23NO2/c1-5-14-8-6-7-11-13-12(3,4)9-10(2)15-11/h10H,5-9H2,1-4H3. The molecule has 1 atom stereocenters. The molecule has 15 heavy (non-hydrogen) atoms. The Morgan fingerprint density at radius 3 is 2.87 bits per heavy atom. The lowest BCUT2D eigenvalue weighted by atomic mass is 9.97. The highest BCUT2D eigenvalue weighted by molar-refractivity contribution is 5.77. The summed E-state index contributed by atoms with van der Waals surface area (Å²) in [5.41, 5.74) is 0.0403. The van der Waals surface area contributed by atoms with E-state index in [4.69, 9.17) is 9.47 Å². The zero-order valence-electron chi connectivity index (χ0n) is 10.4. The van der Waals surface area contributed by atoms with Crippen molar-refractivity contribution < 1.29 is 9.47 Å². The number of aliphatic imine (C=N–C) groups is 1. The normalized spacial score (nSPS) is 24.5. The molecule has 0 saturated heterocycles. The van der Waals surface area contributed by atoms with E-state index in [1.807, 2.05) is 6.92 Å². The highest BCUT2D eigenvalue weighted by Gasteiger charge is 2.27. The second-order valence-corrected chi connectivity index (χ2v) is 4.75. The molecule has 3 nitrogen and oxygen atoms in total. The molecule has 0 aromatic carbocycles. The molecule has 0 fully saturated rings. The van der Waals surface area contributed by atoms with Gasteiger partial charge in [0.2, 0.25) is 0 Å². The van der Waals surface area contributed by atoms with Crippen LogP contribution in [-0.4, -0.2) is 30.8 Å². The quantitative estimate of drug-likeness (QED) is 0.657. The molecule has 3 heteroatoms. The van der Waals surface area contributed by atoms with E-state index >= 15 is 0 Å². The Hall–Kier alpha value is -0.570. The van der Waals surface area contributed by atoms with Crippen LogP contribution < -0.4 is 0 Å². The fourth-order valence-corrected chi connectivity index (χ4v) is 1.97. The Bertz CT molecular complexity index is 224. The number of hydrogen-bond donors (Lipinski definition) is 0. The minimum Gasteiger partial charge on any atom is -0.478 e. The first-order valence-electron chi connectivity index (χ1n) is 5.86. The number of ether oxygens (including phenoxy) is 2. The van der Waals surface area contributed by atoms with E-state index in [9.17, 15) is 0 Å². The van der Waals surface area contributed by atoms with Gasteiger partial charge >= 0.3 is 0 Å². The molecule has 0 saturated carbocycles. The van der Waals surface area contributed by atoms with Crippen LogP contribution in [0.4, 0.5) is 0 Å². The van der Waals surface area contributed by atoms with Gasteiger partial charge in [-0.25, -0.2) is 4.99 Å². The van der Waals surface area contributed by atoms with Crippen LogP contribution in [0.3, 0.4) is 0 Å². The van der Waals surface area contributed by atoms with Crippen molar-refractivity contribution in [1.29, 1.82) is 0 Å². The van der Waals surface area contributed by atoms with E-state index in [-0.39, 0.29) is 5.54 Å². The summed E-state index contributed by atoms with van der Waals surface area (Å²) in [5.74, 6) is 0.901. The smallest absolute Gasteiger partial charge is 0.184 e. The molecule has 1 aliphatic rings. The SMILES string of the molecule is CCOCCCC1=NC(C)(C)CC(C)O1. The van der Waals surface area contributed by atoms with Gasteiger partial charge < -0.3 is 9.47 Å². The van der Waals surface area contributed by atoms with E-state index in [0.717, 1.165) is 38.4 Å². The average Bonchev–Trinajstić information content (AvgIpc) is 2.09. The van der Waals surface area contributed by atoms with Gasteiger partial charge in [-0.1, -0.05) is 0 Å². The van der Waals surface area contributed by atoms with E-state index in [0.29, 0.717) is 6.10 Å². The summed E-state index contributed by atoms with van der Waals surface area (Å²) in [7, 11) is 0. The van der Waals surface area contributed by atoms with Gasteiger partial charge in [0, 0.05) is 26.1 Å². The third-order valence-corrected chi connectivity index (χ3v) is 2.44. The molecule has 0 aromatic rings. The summed E-state index contributed by atoms with van der Waals surface area (Å²) in [6, 6.07) is 0. The van der Waals surface area contributed by atoms with Crippen molar-refractivity contribution in [1.82, 2.24) is 0 Å². The number of rotatable bonds is 5. The fraction of sp³-hybridized carbons (Fsp3) is 0.917. The van der Waals surface area contributed by atoms with Crippen molar-refractivity contribution in [3.63, 3.8) is 0 Å². The highest BCUT2D eigenvalue weighted by Crippen LogP contribution is 2.24. The molecule has 0 amide bonds. The van der Waals surface area contributed by atoms with Gasteiger partial charge in [0.05, 0.1) is 11.6 Å². The van der Waals surface area contributed by atoms with Crippen molar-refractivity contribution in [2.24, 2.45) is 4.99 Å². The molecule has 1 heterocycles. The largest absolute Gasteiger partial charge is 0.478 e. The molecule has 1 aliphatic heterocycles. The van der Waals surface area contributed by atoms with E-state index < -0.39 is 0 Å². The maximum atomic E-state index is 5.70. The predicted octanol–water partition coefficient (Wildman–Crippen LogP) is 2.79. The number of nitrogens with zero attached hydrogens (tertiary/aromatic N) is 1. The Morgan fingerprint density at radius 2 is 2.27 bits per heavy atom. The third-order valence-electron chi connectivity index (χ3n) is 2.44. The van der Waals surface area contributed by atoms with Crippen LogP contribution in [-0.2, 0) is 9.47 Å². The third kappa shape index (κ3) is 4.65. The molecule has 88 valence electrons. The topological polar surface area (TPSA) is 30.8 Å². The second-order valence-electron chi connectivity index (χ2n) is 4.75. The Labute approximate surface area is 92.9 Å². The average molecular weight is 213 g/mol. The van der Waals surface area contributed by atoms with Crippen molar-refractivity contribution in [3.8, 4) is 0 Å². The zero-order chi connectivity index (χ0) is 11.3. The summed E-state index contributed by atoms with van der Waals surface area (Å²) in [4.78, 5) is 4.60. The highest BCUT2D eigenvalue weighted by atomic mass is 16.5. The summed E-state index contributed by atoms with van der Waals surface area (Å²) >= 11 is 0. The van der Waals surface area contributed by atoms with Crippen molar-refractivity contribution in [2.75, 3.05) is 13.2 Å². The van der Waals surface area contributed by atoms with Crippen LogP contribution in [0.25, 0.3) is 0 Å². The number of hydrogen-bond acceptors (Lipinski definition) is 3. The second kappa shape index (κ2) is 5.50. The van der Waals surface area contributed by atoms with E-state index in [2.05, 4.69) is 25.8 Å². The lowest BCUT2D eigenvalue weighted by Crippen LogP contribution is -2.33. The van der Waals surface area contributed by atoms with Crippen LogP contribution in [0.2, 0.25) is 0 Å². The Kier molecular flexibility index (Phi) is 4.58. The summed E-state index contributed by atoms with van der Waals surface area (Å²) in [6.07, 6.45) is 3.19. The maximum absolute atomic E-state index is 5.70. The van der Waals surface area contributed by atoms with Crippen molar-refractivity contribution >= 4 is 5.90 Å². The molecular formula is C12H23NO2. The van der Waals surface area contributed by atoms with Crippen LogP contribution in [0, 0.1) is 0 Å². The minimum atomic E-state index is 0.0403. The molecular weight excluding hydrogens is 190 g/mol. The maximum Gasteiger partial charge on any atom is 0.184 e. The van der Waals surface area contributed by atoms with Gasteiger partial charge in [0.15, 0.2) is 5.90 Å². The van der Waals surface area contributed by atoms with Gasteiger partial charge in [0.1, 0.15) is 0 Å². The van der Waals surface area contributed by atoms with Crippen LogP contribution in [0.5, 0.6) is 0 Å². The lowest BCUT2D eigenvalue weighted by Gasteiger charge is -2.31. The Balaban J connectivity index is 2.36. The van der Waals surface area contributed by atoms with Gasteiger partial charge in [-0.15, -0.1) is 0 Å². The van der Waals surface area contributed by atoms with E-state index in [1.54, 1.807) is 0 Å². The van der Waals surface area contributed by atoms with Gasteiger partial charge in [-0.05, 0) is 34.1 Å². The van der Waals surface area contributed by atoms with E-state index in [1.165, 1.54) is 0 Å². The molecule has 1 unspecified atom stereocenters. The van der Waals surface area contributed by atoms with Gasteiger partial charge in [-0.2, -0.15) is 0 Å². The molecule has 0 radical (unpaired) electrons. The lowest BCUT2D eigenvalue weighted by molar-refractivity contribution is 0.127. The van der Waals surface area contributed by atoms with Crippen LogP contribution in [0.1, 0.15) is 47.0 Å². The zero-order valence-corrected chi connectivity index (χ0v) is 10.4. The van der Waals surface area contributed by atoms with Crippen molar-refractivity contribution in [2.45, 2.75) is 58.6 Å². The Morgan fingerprint density at radius 1 is 1.53 bits per heavy atom. The van der Waals surface area contributed by atoms with Crippen molar-refractivity contribution in [3.05, 3.63) is 0 Å². The first-order valence-corrected chi connectivity index (χ1v) is 5.86. The molecule has 0 N–H and O–H groups in total. The predicted molar refractivity (Wildman–Crippen MR) is 62.4 cm³/mol. The minimum absolute atomic E-state index is 0.0403. The molecule has 1 rings (SSSR count). The van der Waals surface area contributed by atoms with Gasteiger partial charge in [-0.3, -0.25) is 0 Å². The summed E-state index contributed by atoms with van der Waals surface area (Å²) in [6.45, 7) is 10.0. The molecule has 0 spiro atoms. The summed E-state index contributed by atoms with van der Waals surface area (Å²) in [5, 5.41) is 0. The first-order chi connectivity index (χ1) is 7.03. The fourth-order valence-electron chi connectivity index (χ4n) is 1.97. The molecule has 0 aromatic heterocycles. The molecule has 0 aliphatic carbocycles. The first kappa shape index (κ1) is 12.5. The van der Waals surface area contributed by atoms with Crippen LogP contribution in [0.15, 0.2) is 4.99 Å². The van der Waals surface area contributed by atoms with Crippen LogP contribution >= 0.6 is 0 Å². The summed E-state index contributed by atoms with van der Waals surface area (Å²) < 4.78 is 11.0. The van der Waals surface area contributed by atoms with Gasteiger partial charge in [0.25, 0.3) is 0 Å². The molecule has 0 bridgehead atoms. The monoisotopic (exact) mass is 213 g/mol.